The summed E-state index contributed by atoms with van der Waals surface area (Å²) in [6, 6.07) is 8.38. The molecule has 2 atom stereocenters. The van der Waals surface area contributed by atoms with Gasteiger partial charge in [-0.25, -0.2) is 4.79 Å². The highest BCUT2D eigenvalue weighted by atomic mass is 16.5. The lowest BCUT2D eigenvalue weighted by molar-refractivity contribution is -0.151. The number of esters is 1. The van der Waals surface area contributed by atoms with Gasteiger partial charge >= 0.3 is 12.2 Å². The second-order valence-electron chi connectivity index (χ2n) is 8.62. The van der Waals surface area contributed by atoms with Gasteiger partial charge < -0.3 is 25.9 Å². The number of nitrogens with zero attached hydrogens (tertiary/aromatic N) is 3. The van der Waals surface area contributed by atoms with Crippen LogP contribution in [0.4, 0.5) is 0 Å². The number of rotatable bonds is 12. The van der Waals surface area contributed by atoms with E-state index in [1.165, 1.54) is 24.5 Å². The molecule has 3 aromatic rings. The first-order chi connectivity index (χ1) is 17.8. The molecule has 0 saturated heterocycles. The van der Waals surface area contributed by atoms with Gasteiger partial charge in [-0.3, -0.25) is 19.4 Å². The second-order valence-corrected chi connectivity index (χ2v) is 8.62. The third-order valence-electron chi connectivity index (χ3n) is 5.50. The molecule has 0 saturated carbocycles. The Morgan fingerprint density at radius 3 is 2.51 bits per heavy atom. The number of pyridine rings is 1. The summed E-state index contributed by atoms with van der Waals surface area (Å²) in [5.41, 5.74) is 10.5. The highest BCUT2D eigenvalue weighted by molar-refractivity contribution is 6.25. The van der Waals surface area contributed by atoms with Gasteiger partial charge in [-0.15, -0.1) is 0 Å². The molecule has 0 aliphatic heterocycles. The molecule has 0 aliphatic rings. The second kappa shape index (κ2) is 12.9. The van der Waals surface area contributed by atoms with Crippen molar-refractivity contribution < 1.29 is 28.7 Å². The summed E-state index contributed by atoms with van der Waals surface area (Å²) in [7, 11) is 0. The van der Waals surface area contributed by atoms with E-state index in [0.717, 1.165) is 22.7 Å². The third-order valence-corrected chi connectivity index (χ3v) is 5.50. The molecule has 192 valence electrons. The van der Waals surface area contributed by atoms with E-state index in [1.807, 2.05) is 24.3 Å². The average Bonchev–Trinajstić information content (AvgIpc) is 3.29. The standard InChI is InChI=1S/C26H28N6O5/c1-16(2)37-26(36)22(8-7-19(33)15-30-27)31-25(35)23(32-24(34)17-9-11-28-12-10-17)13-18-14-29-21-6-4-3-5-20(18)21/h3-6,9-12,14-16,22-23,29H,7-8,13H2,1-2H3,(H,31,35)(H,32,34)/t22-,23-/m0/s1. The fourth-order valence-electron chi connectivity index (χ4n) is 3.73. The van der Waals surface area contributed by atoms with Crippen LogP contribution in [0.1, 0.15) is 42.6 Å². The topological polar surface area (TPSA) is 167 Å². The molecule has 0 bridgehead atoms. The number of amides is 2. The number of nitrogens with one attached hydrogen (secondary N) is 3. The van der Waals surface area contributed by atoms with Crippen molar-refractivity contribution in [2.24, 2.45) is 0 Å². The average molecular weight is 505 g/mol. The molecule has 0 unspecified atom stereocenters. The zero-order valence-electron chi connectivity index (χ0n) is 20.5. The fraction of sp³-hybridized carbons (Fsp3) is 0.308. The number of hydrogen-bond donors (Lipinski definition) is 3. The summed E-state index contributed by atoms with van der Waals surface area (Å²) in [5, 5.41) is 6.26. The van der Waals surface area contributed by atoms with E-state index >= 15 is 0 Å². The maximum atomic E-state index is 13.4. The van der Waals surface area contributed by atoms with Crippen LogP contribution in [0.2, 0.25) is 0 Å². The van der Waals surface area contributed by atoms with Gasteiger partial charge in [0.05, 0.1) is 6.10 Å². The van der Waals surface area contributed by atoms with Crippen LogP contribution in [-0.4, -0.2) is 62.7 Å². The maximum absolute atomic E-state index is 13.4. The largest absolute Gasteiger partial charge is 0.461 e. The summed E-state index contributed by atoms with van der Waals surface area (Å²) in [6.45, 7) is 3.32. The quantitative estimate of drug-likeness (QED) is 0.148. The molecule has 11 heteroatoms. The van der Waals surface area contributed by atoms with Crippen molar-refractivity contribution in [2.75, 3.05) is 0 Å². The number of para-hydroxylation sites is 1. The minimum absolute atomic E-state index is 0.0831. The number of carbonyl (C=O) groups is 4. The van der Waals surface area contributed by atoms with Crippen molar-refractivity contribution in [3.8, 4) is 0 Å². The molecule has 0 aliphatic carbocycles. The third kappa shape index (κ3) is 7.68. The van der Waals surface area contributed by atoms with E-state index in [0.29, 0.717) is 5.56 Å². The number of carbonyl (C=O) groups excluding carboxylic acids is 4. The zero-order chi connectivity index (χ0) is 26.8. The highest BCUT2D eigenvalue weighted by Gasteiger charge is 2.29. The summed E-state index contributed by atoms with van der Waals surface area (Å²) < 4.78 is 5.25. The van der Waals surface area contributed by atoms with Gasteiger partial charge in [-0.2, -0.15) is 4.79 Å². The Bertz CT molecular complexity index is 1310. The predicted octanol–water partition coefficient (Wildman–Crippen LogP) is 1.99. The van der Waals surface area contributed by atoms with Crippen molar-refractivity contribution in [1.29, 1.82) is 0 Å². The number of aromatic nitrogens is 2. The van der Waals surface area contributed by atoms with Crippen LogP contribution in [0.25, 0.3) is 16.4 Å². The van der Waals surface area contributed by atoms with Crippen molar-refractivity contribution in [3.05, 3.63) is 71.6 Å². The maximum Gasteiger partial charge on any atom is 0.328 e. The van der Waals surface area contributed by atoms with Crippen LogP contribution in [-0.2, 0) is 25.5 Å². The van der Waals surface area contributed by atoms with E-state index in [4.69, 9.17) is 10.3 Å². The molecule has 2 heterocycles. The number of aromatic amines is 1. The minimum atomic E-state index is -1.16. The van der Waals surface area contributed by atoms with Gasteiger partial charge in [0.1, 0.15) is 12.1 Å². The summed E-state index contributed by atoms with van der Waals surface area (Å²) in [6.07, 6.45) is 4.86. The van der Waals surface area contributed by atoms with E-state index in [-0.39, 0.29) is 19.3 Å². The first kappa shape index (κ1) is 27.0. The zero-order valence-corrected chi connectivity index (χ0v) is 20.5. The Hall–Kier alpha value is -4.63. The smallest absolute Gasteiger partial charge is 0.328 e. The first-order valence-corrected chi connectivity index (χ1v) is 11.8. The van der Waals surface area contributed by atoms with Crippen molar-refractivity contribution in [2.45, 2.75) is 51.3 Å². The normalized spacial score (nSPS) is 12.3. The van der Waals surface area contributed by atoms with E-state index in [9.17, 15) is 19.2 Å². The predicted molar refractivity (Wildman–Crippen MR) is 135 cm³/mol. The van der Waals surface area contributed by atoms with Gasteiger partial charge in [0.2, 0.25) is 11.7 Å². The van der Waals surface area contributed by atoms with Crippen LogP contribution < -0.4 is 10.6 Å². The number of ketones is 1. The lowest BCUT2D eigenvalue weighted by Crippen LogP contribution is -2.53. The van der Waals surface area contributed by atoms with E-state index in [2.05, 4.69) is 25.4 Å². The number of Topliss-reactive ketones (excluding diaryl/α,β-unsaturated/α-hetero) is 1. The lowest BCUT2D eigenvalue weighted by atomic mass is 10.0. The Balaban J connectivity index is 1.85. The molecule has 0 spiro atoms. The Morgan fingerprint density at radius 1 is 1.08 bits per heavy atom. The van der Waals surface area contributed by atoms with Crippen LogP contribution in [0, 0.1) is 0 Å². The number of H-pyrrole nitrogens is 1. The Labute approximate surface area is 213 Å². The lowest BCUT2D eigenvalue weighted by Gasteiger charge is -2.23. The monoisotopic (exact) mass is 504 g/mol. The van der Waals surface area contributed by atoms with Gasteiger partial charge in [0.15, 0.2) is 0 Å². The number of hydrogen-bond acceptors (Lipinski definition) is 6. The van der Waals surface area contributed by atoms with Crippen molar-refractivity contribution in [1.82, 2.24) is 20.6 Å². The number of ether oxygens (including phenoxy) is 1. The fourth-order valence-corrected chi connectivity index (χ4v) is 3.73. The van der Waals surface area contributed by atoms with Gasteiger partial charge in [0.25, 0.3) is 5.91 Å². The van der Waals surface area contributed by atoms with Gasteiger partial charge in [0, 0.05) is 47.9 Å². The number of fused-ring (bicyclic) bond motifs is 1. The summed E-state index contributed by atoms with van der Waals surface area (Å²) >= 11 is 0. The first-order valence-electron chi connectivity index (χ1n) is 11.8. The minimum Gasteiger partial charge on any atom is -0.461 e. The van der Waals surface area contributed by atoms with Crippen LogP contribution in [0.15, 0.2) is 55.0 Å². The van der Waals surface area contributed by atoms with E-state index < -0.39 is 41.8 Å². The molecule has 37 heavy (non-hydrogen) atoms. The van der Waals surface area contributed by atoms with Crippen LogP contribution in [0.5, 0.6) is 0 Å². The van der Waals surface area contributed by atoms with E-state index in [1.54, 1.807) is 20.0 Å². The summed E-state index contributed by atoms with van der Waals surface area (Å²) in [4.78, 5) is 60.6. The Morgan fingerprint density at radius 2 is 1.81 bits per heavy atom. The molecule has 3 N–H and O–H groups in total. The number of benzene rings is 1. The molecule has 2 amide bonds. The molecule has 3 rings (SSSR count). The molecule has 1 aromatic carbocycles. The summed E-state index contributed by atoms with van der Waals surface area (Å²) in [5.74, 6) is -2.36. The SMILES string of the molecule is CC(C)OC(=O)[C@H](CCC(=O)C=[N+]=[N-])NC(=O)[C@H](Cc1c[nH]c2ccccc12)NC(=O)c1ccncc1. The van der Waals surface area contributed by atoms with Crippen molar-refractivity contribution in [3.63, 3.8) is 0 Å². The Kier molecular flexibility index (Phi) is 9.40. The van der Waals surface area contributed by atoms with Crippen LogP contribution >= 0.6 is 0 Å². The van der Waals surface area contributed by atoms with Gasteiger partial charge in [-0.1, -0.05) is 18.2 Å². The van der Waals surface area contributed by atoms with Crippen LogP contribution in [0.3, 0.4) is 0 Å². The molecular formula is C26H28N6O5. The van der Waals surface area contributed by atoms with Crippen molar-refractivity contribution >= 4 is 40.7 Å². The van der Waals surface area contributed by atoms with Gasteiger partial charge in [-0.05, 0) is 44.0 Å². The molecule has 0 radical (unpaired) electrons. The molecule has 11 nitrogen and oxygen atoms in total. The highest BCUT2D eigenvalue weighted by Crippen LogP contribution is 2.19. The molecule has 2 aromatic heterocycles. The molecule has 0 fully saturated rings. The molecular weight excluding hydrogens is 476 g/mol.